The predicted octanol–water partition coefficient (Wildman–Crippen LogP) is 1.04. The maximum Gasteiger partial charge on any atom is 0.365 e. The van der Waals surface area contributed by atoms with Crippen molar-refractivity contribution in [1.29, 1.82) is 0 Å². The van der Waals surface area contributed by atoms with Gasteiger partial charge in [0, 0.05) is 23.2 Å². The molecule has 17 heavy (non-hydrogen) atoms. The lowest BCUT2D eigenvalue weighted by atomic mass is 10.2. The highest BCUT2D eigenvalue weighted by Crippen LogP contribution is 2.12. The van der Waals surface area contributed by atoms with E-state index in [1.54, 1.807) is 17.1 Å². The van der Waals surface area contributed by atoms with Gasteiger partial charge in [0.05, 0.1) is 12.3 Å². The van der Waals surface area contributed by atoms with Crippen LogP contribution in [-0.4, -0.2) is 45.3 Å². The monoisotopic (exact) mass is 276 g/mol. The number of aromatic carboxylic acids is 1. The summed E-state index contributed by atoms with van der Waals surface area (Å²) in [4.78, 5) is 14.6. The van der Waals surface area contributed by atoms with Crippen LogP contribution >= 0.6 is 23.1 Å². The van der Waals surface area contributed by atoms with Gasteiger partial charge in [-0.05, 0) is 13.2 Å². The molecule has 1 aromatic heterocycles. The molecule has 7 heteroatoms. The summed E-state index contributed by atoms with van der Waals surface area (Å²) in [5.41, 5.74) is 0.719. The summed E-state index contributed by atoms with van der Waals surface area (Å²) in [7, 11) is 0. The van der Waals surface area contributed by atoms with Gasteiger partial charge in [-0.2, -0.15) is 11.8 Å². The van der Waals surface area contributed by atoms with Crippen molar-refractivity contribution in [2.24, 2.45) is 0 Å². The maximum absolute atomic E-state index is 10.6. The summed E-state index contributed by atoms with van der Waals surface area (Å²) in [6.07, 6.45) is 1.95. The molecule has 0 aliphatic carbocycles. The number of nitrogens with one attached hydrogen (secondary N) is 1. The minimum absolute atomic E-state index is 0.109. The number of thioether (sulfide) groups is 1. The molecule has 0 aromatic carbocycles. The molecule has 2 atom stereocenters. The largest absolute Gasteiger partial charge is 0.476 e. The van der Waals surface area contributed by atoms with Gasteiger partial charge in [-0.15, -0.1) is 11.3 Å². The fourth-order valence-corrected chi connectivity index (χ4v) is 2.63. The van der Waals surface area contributed by atoms with Crippen molar-refractivity contribution >= 4 is 29.1 Å². The third-order valence-corrected chi connectivity index (χ3v) is 4.42. The average molecular weight is 276 g/mol. The smallest absolute Gasteiger partial charge is 0.365 e. The minimum Gasteiger partial charge on any atom is -0.476 e. The van der Waals surface area contributed by atoms with Crippen LogP contribution in [0.15, 0.2) is 5.38 Å². The number of rotatable bonds is 7. The molecule has 0 fully saturated rings. The van der Waals surface area contributed by atoms with Crippen LogP contribution in [0.1, 0.15) is 22.4 Å². The van der Waals surface area contributed by atoms with E-state index in [1.807, 2.05) is 13.2 Å². The number of nitrogens with zero attached hydrogens (tertiary/aromatic N) is 1. The van der Waals surface area contributed by atoms with Gasteiger partial charge in [0.2, 0.25) is 5.01 Å². The summed E-state index contributed by atoms with van der Waals surface area (Å²) in [5, 5.41) is 23.0. The topological polar surface area (TPSA) is 82.5 Å². The van der Waals surface area contributed by atoms with E-state index in [0.29, 0.717) is 6.54 Å². The Morgan fingerprint density at radius 3 is 2.88 bits per heavy atom. The zero-order valence-corrected chi connectivity index (χ0v) is 11.3. The number of aliphatic hydroxyl groups is 1. The molecule has 0 saturated carbocycles. The van der Waals surface area contributed by atoms with Crippen molar-refractivity contribution in [3.63, 3.8) is 0 Å². The van der Waals surface area contributed by atoms with Gasteiger partial charge >= 0.3 is 5.97 Å². The summed E-state index contributed by atoms with van der Waals surface area (Å²) in [6.45, 7) is 2.62. The van der Waals surface area contributed by atoms with Crippen LogP contribution in [-0.2, 0) is 6.54 Å². The molecule has 0 amide bonds. The first-order chi connectivity index (χ1) is 8.08. The van der Waals surface area contributed by atoms with Crippen molar-refractivity contribution in [2.45, 2.75) is 24.8 Å². The molecule has 0 saturated heterocycles. The second-order valence-electron chi connectivity index (χ2n) is 3.58. The number of aromatic nitrogens is 1. The Balaban J connectivity index is 2.46. The van der Waals surface area contributed by atoms with Crippen molar-refractivity contribution in [3.8, 4) is 0 Å². The lowest BCUT2D eigenvalue weighted by Gasteiger charge is -2.20. The number of carboxylic acid groups (broad SMARTS) is 1. The van der Waals surface area contributed by atoms with E-state index in [2.05, 4.69) is 10.3 Å². The number of carbonyl (C=O) groups is 1. The molecule has 0 radical (unpaired) electrons. The van der Waals surface area contributed by atoms with Crippen molar-refractivity contribution in [3.05, 3.63) is 16.1 Å². The van der Waals surface area contributed by atoms with Crippen LogP contribution in [0.4, 0.5) is 0 Å². The van der Waals surface area contributed by atoms with Gasteiger partial charge in [-0.1, -0.05) is 0 Å². The Labute approximate surface area is 108 Å². The number of hydrogen-bond acceptors (Lipinski definition) is 6. The van der Waals surface area contributed by atoms with Gasteiger partial charge in [-0.3, -0.25) is 0 Å². The molecule has 1 aromatic rings. The Kier molecular flexibility index (Phi) is 5.90. The third-order valence-electron chi connectivity index (χ3n) is 2.38. The average Bonchev–Trinajstić information content (AvgIpc) is 2.76. The van der Waals surface area contributed by atoms with Crippen LogP contribution < -0.4 is 5.32 Å². The Morgan fingerprint density at radius 2 is 2.41 bits per heavy atom. The van der Waals surface area contributed by atoms with Gasteiger partial charge in [0.1, 0.15) is 0 Å². The molecule has 0 bridgehead atoms. The summed E-state index contributed by atoms with van der Waals surface area (Å²) >= 11 is 2.72. The molecule has 2 unspecified atom stereocenters. The number of thiazole rings is 1. The van der Waals surface area contributed by atoms with Gasteiger partial charge in [-0.25, -0.2) is 9.78 Å². The van der Waals surface area contributed by atoms with Crippen LogP contribution in [0.2, 0.25) is 0 Å². The highest BCUT2D eigenvalue weighted by Gasteiger charge is 2.15. The SMILES string of the molecule is CSC(CO)C(C)NCc1csc(C(=O)O)n1. The quantitative estimate of drug-likeness (QED) is 0.690. The highest BCUT2D eigenvalue weighted by molar-refractivity contribution is 7.99. The standard InChI is InChI=1S/C10H16N2O3S2/c1-6(8(4-13)16-2)11-3-7-5-17-9(12-7)10(14)15/h5-6,8,11,13H,3-4H2,1-2H3,(H,14,15). The first-order valence-corrected chi connectivity index (χ1v) is 7.30. The molecule has 0 aliphatic rings. The summed E-state index contributed by atoms with van der Waals surface area (Å²) in [6, 6.07) is 0.143. The summed E-state index contributed by atoms with van der Waals surface area (Å²) < 4.78 is 0. The normalized spacial score (nSPS) is 14.5. The molecule has 3 N–H and O–H groups in total. The van der Waals surface area contributed by atoms with Crippen molar-refractivity contribution in [2.75, 3.05) is 12.9 Å². The van der Waals surface area contributed by atoms with Gasteiger partial charge in [0.15, 0.2) is 0 Å². The van der Waals surface area contributed by atoms with Crippen LogP contribution in [0, 0.1) is 0 Å². The predicted molar refractivity (Wildman–Crippen MR) is 69.8 cm³/mol. The fourth-order valence-electron chi connectivity index (χ4n) is 1.32. The van der Waals surface area contributed by atoms with E-state index in [-0.39, 0.29) is 22.9 Å². The van der Waals surface area contributed by atoms with Crippen molar-refractivity contribution in [1.82, 2.24) is 10.3 Å². The second kappa shape index (κ2) is 6.95. The van der Waals surface area contributed by atoms with E-state index in [1.165, 1.54) is 0 Å². The van der Waals surface area contributed by atoms with E-state index in [9.17, 15) is 4.79 Å². The van der Waals surface area contributed by atoms with E-state index >= 15 is 0 Å². The third kappa shape index (κ3) is 4.27. The van der Waals surface area contributed by atoms with Gasteiger partial charge < -0.3 is 15.5 Å². The zero-order chi connectivity index (χ0) is 12.8. The fraction of sp³-hybridized carbons (Fsp3) is 0.600. The van der Waals surface area contributed by atoms with Crippen LogP contribution in [0.5, 0.6) is 0 Å². The van der Waals surface area contributed by atoms with Crippen molar-refractivity contribution < 1.29 is 15.0 Å². The molecule has 96 valence electrons. The first-order valence-electron chi connectivity index (χ1n) is 5.13. The molecule has 1 heterocycles. The Bertz CT molecular complexity index is 366. The lowest BCUT2D eigenvalue weighted by molar-refractivity contribution is 0.0696. The van der Waals surface area contributed by atoms with E-state index in [0.717, 1.165) is 17.0 Å². The van der Waals surface area contributed by atoms with Crippen LogP contribution in [0.3, 0.4) is 0 Å². The highest BCUT2D eigenvalue weighted by atomic mass is 32.2. The van der Waals surface area contributed by atoms with E-state index in [4.69, 9.17) is 10.2 Å². The Hall–Kier alpha value is -0.630. The number of aliphatic hydroxyl groups excluding tert-OH is 1. The molecule has 5 nitrogen and oxygen atoms in total. The first kappa shape index (κ1) is 14.4. The maximum atomic E-state index is 10.6. The molecule has 0 aliphatic heterocycles. The summed E-state index contributed by atoms with van der Waals surface area (Å²) in [5.74, 6) is -0.994. The molecular formula is C10H16N2O3S2. The van der Waals surface area contributed by atoms with Crippen LogP contribution in [0.25, 0.3) is 0 Å². The Morgan fingerprint density at radius 1 is 1.71 bits per heavy atom. The van der Waals surface area contributed by atoms with E-state index < -0.39 is 5.97 Å². The molecular weight excluding hydrogens is 260 g/mol. The lowest BCUT2D eigenvalue weighted by Crippen LogP contribution is -2.37. The minimum atomic E-state index is -0.994. The molecule has 1 rings (SSSR count). The number of carboxylic acids is 1. The zero-order valence-electron chi connectivity index (χ0n) is 9.71. The molecule has 0 spiro atoms. The van der Waals surface area contributed by atoms with Gasteiger partial charge in [0.25, 0.3) is 0 Å². The second-order valence-corrected chi connectivity index (χ2v) is 5.51. The number of hydrogen-bond donors (Lipinski definition) is 3.